The van der Waals surface area contributed by atoms with Crippen molar-refractivity contribution >= 4 is 46.8 Å². The lowest BCUT2D eigenvalue weighted by Crippen LogP contribution is -2.74. The lowest BCUT2D eigenvalue weighted by Gasteiger charge is -2.65. The van der Waals surface area contributed by atoms with Gasteiger partial charge in [0.1, 0.15) is 29.8 Å². The normalized spacial score (nSPS) is 24.9. The minimum Gasteiger partial charge on any atom is -0.489 e. The second kappa shape index (κ2) is 14.5. The van der Waals surface area contributed by atoms with Crippen LogP contribution >= 0.6 is 11.6 Å². The zero-order valence-electron chi connectivity index (χ0n) is 33.8. The molecule has 5 aliphatic heterocycles. The average Bonchev–Trinajstić information content (AvgIpc) is 3.63. The summed E-state index contributed by atoms with van der Waals surface area (Å²) in [6, 6.07) is 14.6. The van der Waals surface area contributed by atoms with Gasteiger partial charge in [0, 0.05) is 72.2 Å². The number of ether oxygens (including phenoxy) is 1. The van der Waals surface area contributed by atoms with Gasteiger partial charge in [-0.3, -0.25) is 39.1 Å². The molecule has 3 aromatic rings. The molecule has 6 aliphatic rings. The van der Waals surface area contributed by atoms with Crippen LogP contribution in [0.4, 0.5) is 10.1 Å². The molecule has 0 spiro atoms. The summed E-state index contributed by atoms with van der Waals surface area (Å²) in [7, 11) is 0. The number of nitrogens with zero attached hydrogens (tertiary/aromatic N) is 5. The highest BCUT2D eigenvalue weighted by Gasteiger charge is 2.67. The molecule has 3 aromatic carbocycles. The van der Waals surface area contributed by atoms with Gasteiger partial charge in [-0.15, -0.1) is 0 Å². The number of nitrogens with one attached hydrogen (secondary N) is 1. The Labute approximate surface area is 352 Å². The van der Waals surface area contributed by atoms with Crippen molar-refractivity contribution in [3.8, 4) is 23.7 Å². The molecule has 0 bridgehead atoms. The molecule has 14 heteroatoms. The van der Waals surface area contributed by atoms with E-state index in [1.54, 1.807) is 35.2 Å². The number of hydrogen-bond donors (Lipinski definition) is 1. The summed E-state index contributed by atoms with van der Waals surface area (Å²) in [5, 5.41) is 11.8. The minimum atomic E-state index is -0.997. The van der Waals surface area contributed by atoms with Crippen LogP contribution in [0.2, 0.25) is 5.02 Å². The quantitative estimate of drug-likeness (QED) is 0.250. The van der Waals surface area contributed by atoms with Crippen molar-refractivity contribution in [2.45, 2.75) is 84.2 Å². The third-order valence-corrected chi connectivity index (χ3v) is 13.8. The third-order valence-electron chi connectivity index (χ3n) is 13.5. The van der Waals surface area contributed by atoms with Gasteiger partial charge in [-0.25, -0.2) is 4.39 Å². The number of halogens is 2. The molecule has 60 heavy (non-hydrogen) atoms. The van der Waals surface area contributed by atoms with Crippen LogP contribution in [0.15, 0.2) is 48.5 Å². The van der Waals surface area contributed by atoms with Crippen molar-refractivity contribution in [1.29, 1.82) is 5.26 Å². The van der Waals surface area contributed by atoms with E-state index in [1.807, 2.05) is 12.1 Å². The van der Waals surface area contributed by atoms with Crippen LogP contribution in [0.1, 0.15) is 101 Å². The Morgan fingerprint density at radius 3 is 2.28 bits per heavy atom. The van der Waals surface area contributed by atoms with Gasteiger partial charge in [0.15, 0.2) is 0 Å². The van der Waals surface area contributed by atoms with E-state index >= 15 is 4.39 Å². The third kappa shape index (κ3) is 6.41. The van der Waals surface area contributed by atoms with Gasteiger partial charge in [0.2, 0.25) is 11.8 Å². The van der Waals surface area contributed by atoms with Crippen molar-refractivity contribution in [3.63, 3.8) is 0 Å². The topological polar surface area (TPSA) is 143 Å². The highest BCUT2D eigenvalue weighted by molar-refractivity contribution is 6.31. The molecule has 1 unspecified atom stereocenters. The number of hydrogen-bond acceptors (Lipinski definition) is 9. The Kier molecular flexibility index (Phi) is 9.56. The second-order valence-corrected chi connectivity index (χ2v) is 18.4. The van der Waals surface area contributed by atoms with Gasteiger partial charge >= 0.3 is 0 Å². The summed E-state index contributed by atoms with van der Waals surface area (Å²) in [6.45, 7) is 11.8. The molecule has 12 nitrogen and oxygen atoms in total. The molecule has 0 aromatic heterocycles. The van der Waals surface area contributed by atoms with Crippen molar-refractivity contribution in [2.75, 3.05) is 31.1 Å². The number of anilines is 1. The largest absolute Gasteiger partial charge is 0.489 e. The van der Waals surface area contributed by atoms with E-state index in [0.29, 0.717) is 33.5 Å². The first-order valence-electron chi connectivity index (χ1n) is 20.4. The fraction of sp³-hybridized carbons (Fsp3) is 0.435. The minimum absolute atomic E-state index is 0.0726. The molecule has 1 atom stereocenters. The molecule has 5 heterocycles. The van der Waals surface area contributed by atoms with Gasteiger partial charge in [0.05, 0.1) is 27.3 Å². The van der Waals surface area contributed by atoms with Gasteiger partial charge in [-0.1, -0.05) is 51.1 Å². The first kappa shape index (κ1) is 39.7. The molecule has 5 amide bonds. The summed E-state index contributed by atoms with van der Waals surface area (Å²) < 4.78 is 22.1. The molecular formula is C46H44ClFN6O6. The number of benzene rings is 3. The summed E-state index contributed by atoms with van der Waals surface area (Å²) in [6.07, 6.45) is 1.66. The van der Waals surface area contributed by atoms with Gasteiger partial charge < -0.3 is 14.5 Å². The number of fused-ring (bicyclic) bond motifs is 2. The maximum atomic E-state index is 15.7. The number of amides is 5. The van der Waals surface area contributed by atoms with E-state index in [9.17, 15) is 29.2 Å². The number of imide groups is 2. The van der Waals surface area contributed by atoms with E-state index in [2.05, 4.69) is 60.7 Å². The van der Waals surface area contributed by atoms with E-state index in [0.717, 1.165) is 49.6 Å². The highest BCUT2D eigenvalue weighted by atomic mass is 35.5. The molecule has 3 saturated heterocycles. The summed E-state index contributed by atoms with van der Waals surface area (Å²) in [5.74, 6) is 4.34. The fourth-order valence-corrected chi connectivity index (χ4v) is 11.1. The molecule has 1 N–H and O–H groups in total. The fourth-order valence-electron chi connectivity index (χ4n) is 10.9. The van der Waals surface area contributed by atoms with Crippen LogP contribution in [0.3, 0.4) is 0 Å². The van der Waals surface area contributed by atoms with Crippen molar-refractivity contribution in [3.05, 3.63) is 92.8 Å². The first-order valence-corrected chi connectivity index (χ1v) is 20.8. The van der Waals surface area contributed by atoms with E-state index in [4.69, 9.17) is 16.3 Å². The number of carbonyl (C=O) groups is 5. The van der Waals surface area contributed by atoms with Gasteiger partial charge in [-0.2, -0.15) is 5.26 Å². The molecule has 1 aliphatic carbocycles. The van der Waals surface area contributed by atoms with E-state index in [-0.39, 0.29) is 60.0 Å². The standard InChI is InChI=1S/C46H44ClFN6O6/c1-45(2)43(46(3,4)44(45)60-31-9-7-27(21-49)34(47)20-31)53-22-28-17-26(18-35(48)38(28)42(53)59)6-5-25-13-15-51(16-14-25)30-23-52(24-30)29-8-10-32-33(19-29)41(58)54(40(32)57)36-11-12-37(55)50-39(36)56/h7-10,17-20,25,30,36,43-44H,11-16,22-24H2,1-4H3,(H,50,55,56)/t36?,43-,44-. The van der Waals surface area contributed by atoms with E-state index < -0.39 is 46.3 Å². The SMILES string of the molecule is CC1(C)[C@H](Oc2ccc(C#N)c(Cl)c2)C(C)(C)[C@H]1N1Cc2cc(C#CC3CCN(C4CN(c5ccc6c(c5)C(=O)N(C5CCC(=O)NC5=O)C6=O)C4)CC3)cc(F)c2C1=O. The highest BCUT2D eigenvalue weighted by Crippen LogP contribution is 2.59. The van der Waals surface area contributed by atoms with Gasteiger partial charge in [0.25, 0.3) is 17.7 Å². The van der Waals surface area contributed by atoms with Crippen molar-refractivity contribution < 1.29 is 33.1 Å². The van der Waals surface area contributed by atoms with Crippen LogP contribution in [-0.4, -0.2) is 94.6 Å². The summed E-state index contributed by atoms with van der Waals surface area (Å²) in [4.78, 5) is 71.6. The Hall–Kier alpha value is -5.76. The van der Waals surface area contributed by atoms with Crippen LogP contribution in [-0.2, 0) is 16.1 Å². The zero-order chi connectivity index (χ0) is 42.4. The number of piperidine rings is 2. The maximum absolute atomic E-state index is 15.7. The Balaban J connectivity index is 0.791. The van der Waals surface area contributed by atoms with E-state index in [1.165, 1.54) is 6.07 Å². The van der Waals surface area contributed by atoms with Crippen molar-refractivity contribution in [2.24, 2.45) is 16.7 Å². The summed E-state index contributed by atoms with van der Waals surface area (Å²) >= 11 is 6.27. The summed E-state index contributed by atoms with van der Waals surface area (Å²) in [5.41, 5.74) is 2.09. The van der Waals surface area contributed by atoms with Gasteiger partial charge in [-0.05, 0) is 80.4 Å². The predicted octanol–water partition coefficient (Wildman–Crippen LogP) is 5.54. The Morgan fingerprint density at radius 1 is 0.883 bits per heavy atom. The lowest BCUT2D eigenvalue weighted by molar-refractivity contribution is -0.199. The number of rotatable bonds is 6. The molecule has 308 valence electrons. The van der Waals surface area contributed by atoms with Crippen molar-refractivity contribution in [1.82, 2.24) is 20.0 Å². The molecule has 0 radical (unpaired) electrons. The zero-order valence-corrected chi connectivity index (χ0v) is 34.6. The molecule has 4 fully saturated rings. The lowest BCUT2D eigenvalue weighted by atomic mass is 9.49. The van der Waals surface area contributed by atoms with Crippen LogP contribution in [0.5, 0.6) is 5.75 Å². The number of nitriles is 1. The predicted molar refractivity (Wildman–Crippen MR) is 218 cm³/mol. The second-order valence-electron chi connectivity index (χ2n) is 18.0. The Bertz CT molecular complexity index is 2490. The van der Waals surface area contributed by atoms with Crippen LogP contribution < -0.4 is 15.0 Å². The average molecular weight is 831 g/mol. The molecular weight excluding hydrogens is 787 g/mol. The van der Waals surface area contributed by atoms with Crippen LogP contribution in [0.25, 0.3) is 0 Å². The molecule has 1 saturated carbocycles. The van der Waals surface area contributed by atoms with Crippen LogP contribution in [0, 0.1) is 45.7 Å². The number of carbonyl (C=O) groups excluding carboxylic acids is 5. The Morgan fingerprint density at radius 2 is 1.60 bits per heavy atom. The molecule has 9 rings (SSSR count). The first-order chi connectivity index (χ1) is 28.6. The smallest absolute Gasteiger partial charge is 0.262 e. The maximum Gasteiger partial charge on any atom is 0.262 e. The monoisotopic (exact) mass is 830 g/mol. The number of likely N-dealkylation sites (tertiary alicyclic amines) is 1.